The van der Waals surface area contributed by atoms with Gasteiger partial charge in [0.25, 0.3) is 0 Å². The minimum Gasteiger partial charge on any atom is -0.379 e. The predicted octanol–water partition coefficient (Wildman–Crippen LogP) is 4.33. The first-order valence-corrected chi connectivity index (χ1v) is 16.8. The first kappa shape index (κ1) is 42.6. The Kier molecular flexibility index (Phi) is 41.1. The van der Waals surface area contributed by atoms with Crippen LogP contribution in [0.4, 0.5) is 0 Å². The quantitative estimate of drug-likeness (QED) is 0.0909. The van der Waals surface area contributed by atoms with Crippen LogP contribution < -0.4 is 0 Å². The van der Waals surface area contributed by atoms with Gasteiger partial charge < -0.3 is 52.1 Å². The highest BCUT2D eigenvalue weighted by Gasteiger charge is 1.97. The van der Waals surface area contributed by atoms with Crippen molar-refractivity contribution >= 4 is 0 Å². The molecule has 0 aliphatic carbocycles. The van der Waals surface area contributed by atoms with Gasteiger partial charge in [-0.25, -0.2) is 0 Å². The molecule has 11 nitrogen and oxygen atoms in total. The largest absolute Gasteiger partial charge is 0.379 e. The molecule has 0 fully saturated rings. The molecule has 0 aromatic heterocycles. The van der Waals surface area contributed by atoms with E-state index >= 15 is 0 Å². The molecule has 260 valence electrons. The summed E-state index contributed by atoms with van der Waals surface area (Å²) in [6.07, 6.45) is 10.6. The number of rotatable bonds is 40. The van der Waals surface area contributed by atoms with E-state index in [0.717, 1.165) is 13.0 Å². The third-order valence-electron chi connectivity index (χ3n) is 6.07. The zero-order chi connectivity index (χ0) is 31.0. The summed E-state index contributed by atoms with van der Waals surface area (Å²) in [5, 5.41) is 0. The van der Waals surface area contributed by atoms with Crippen LogP contribution in [0.3, 0.4) is 0 Å². The topological polar surface area (TPSA) is 102 Å². The van der Waals surface area contributed by atoms with Crippen molar-refractivity contribution in [3.8, 4) is 0 Å². The standard InChI is InChI=1S/C32H66O11/c1-3-5-6-7-8-9-10-11-12-34-15-16-36-19-20-38-23-24-40-27-28-42-31-32-43-30-29-41-26-25-39-22-21-37-18-17-35-14-13-33-4-2/h3-32H2,1-2H3. The molecule has 11 heteroatoms. The van der Waals surface area contributed by atoms with E-state index < -0.39 is 0 Å². The Bertz CT molecular complexity index is 435. The Morgan fingerprint density at radius 3 is 0.674 bits per heavy atom. The highest BCUT2D eigenvalue weighted by molar-refractivity contribution is 4.46. The fourth-order valence-electron chi connectivity index (χ4n) is 3.68. The molecule has 0 rings (SSSR count). The van der Waals surface area contributed by atoms with Crippen LogP contribution in [0.1, 0.15) is 65.2 Å². The molecule has 0 spiro atoms. The Labute approximate surface area is 262 Å². The highest BCUT2D eigenvalue weighted by atomic mass is 16.6. The molecule has 0 aliphatic heterocycles. The van der Waals surface area contributed by atoms with Crippen molar-refractivity contribution in [2.24, 2.45) is 0 Å². The molecule has 0 saturated heterocycles. The second-order valence-corrected chi connectivity index (χ2v) is 9.80. The van der Waals surface area contributed by atoms with Crippen LogP contribution in [-0.4, -0.2) is 145 Å². The van der Waals surface area contributed by atoms with Gasteiger partial charge in [0.2, 0.25) is 0 Å². The monoisotopic (exact) mass is 626 g/mol. The smallest absolute Gasteiger partial charge is 0.0701 e. The first-order valence-electron chi connectivity index (χ1n) is 16.8. The maximum atomic E-state index is 5.62. The van der Waals surface area contributed by atoms with E-state index in [4.69, 9.17) is 52.1 Å². The van der Waals surface area contributed by atoms with Gasteiger partial charge in [-0.3, -0.25) is 0 Å². The van der Waals surface area contributed by atoms with Gasteiger partial charge in [-0.05, 0) is 13.3 Å². The van der Waals surface area contributed by atoms with Crippen molar-refractivity contribution in [3.05, 3.63) is 0 Å². The summed E-state index contributed by atoms with van der Waals surface area (Å²) in [4.78, 5) is 0. The maximum absolute atomic E-state index is 5.62. The zero-order valence-electron chi connectivity index (χ0n) is 27.7. The Morgan fingerprint density at radius 2 is 0.419 bits per heavy atom. The zero-order valence-corrected chi connectivity index (χ0v) is 27.7. The lowest BCUT2D eigenvalue weighted by Gasteiger charge is -2.09. The summed E-state index contributed by atoms with van der Waals surface area (Å²) in [5.41, 5.74) is 0. The van der Waals surface area contributed by atoms with E-state index in [9.17, 15) is 0 Å². The van der Waals surface area contributed by atoms with Crippen LogP contribution in [0.25, 0.3) is 0 Å². The second-order valence-electron chi connectivity index (χ2n) is 9.80. The van der Waals surface area contributed by atoms with Crippen LogP contribution in [0, 0.1) is 0 Å². The average Bonchev–Trinajstić information content (AvgIpc) is 3.02. The summed E-state index contributed by atoms with van der Waals surface area (Å²) in [7, 11) is 0. The van der Waals surface area contributed by atoms with Gasteiger partial charge in [-0.15, -0.1) is 0 Å². The lowest BCUT2D eigenvalue weighted by molar-refractivity contribution is -0.0274. The van der Waals surface area contributed by atoms with Crippen LogP contribution >= 0.6 is 0 Å². The van der Waals surface area contributed by atoms with Gasteiger partial charge in [0.05, 0.1) is 132 Å². The summed E-state index contributed by atoms with van der Waals surface area (Å²) in [6, 6.07) is 0. The predicted molar refractivity (Wildman–Crippen MR) is 167 cm³/mol. The molecular formula is C32H66O11. The van der Waals surface area contributed by atoms with Crippen LogP contribution in [-0.2, 0) is 52.1 Å². The van der Waals surface area contributed by atoms with Crippen molar-refractivity contribution in [1.29, 1.82) is 0 Å². The summed E-state index contributed by atoms with van der Waals surface area (Å²) in [6.45, 7) is 16.9. The van der Waals surface area contributed by atoms with Crippen molar-refractivity contribution < 1.29 is 52.1 Å². The number of ether oxygens (including phenoxy) is 11. The lowest BCUT2D eigenvalue weighted by Crippen LogP contribution is -2.15. The summed E-state index contributed by atoms with van der Waals surface area (Å²) >= 11 is 0. The van der Waals surface area contributed by atoms with Gasteiger partial charge in [0.1, 0.15) is 0 Å². The van der Waals surface area contributed by atoms with Gasteiger partial charge in [-0.2, -0.15) is 0 Å². The molecule has 0 aromatic carbocycles. The van der Waals surface area contributed by atoms with Crippen LogP contribution in [0.2, 0.25) is 0 Å². The Morgan fingerprint density at radius 1 is 0.209 bits per heavy atom. The molecule has 0 unspecified atom stereocenters. The molecule has 0 atom stereocenters. The Hall–Kier alpha value is -0.440. The van der Waals surface area contributed by atoms with Crippen LogP contribution in [0.5, 0.6) is 0 Å². The first-order chi connectivity index (χ1) is 21.4. The third kappa shape index (κ3) is 41.6. The second kappa shape index (κ2) is 41.6. The fraction of sp³-hybridized carbons (Fsp3) is 1.00. The fourth-order valence-corrected chi connectivity index (χ4v) is 3.68. The van der Waals surface area contributed by atoms with Crippen molar-refractivity contribution in [1.82, 2.24) is 0 Å². The van der Waals surface area contributed by atoms with Gasteiger partial charge in [0.15, 0.2) is 0 Å². The van der Waals surface area contributed by atoms with Gasteiger partial charge in [0, 0.05) is 13.2 Å². The third-order valence-corrected chi connectivity index (χ3v) is 6.07. The average molecular weight is 627 g/mol. The van der Waals surface area contributed by atoms with E-state index in [1.54, 1.807) is 0 Å². The van der Waals surface area contributed by atoms with E-state index in [2.05, 4.69) is 6.92 Å². The molecule has 0 saturated carbocycles. The molecule has 0 amide bonds. The summed E-state index contributed by atoms with van der Waals surface area (Å²) < 4.78 is 60.0. The molecule has 0 bridgehead atoms. The highest BCUT2D eigenvalue weighted by Crippen LogP contribution is 2.08. The molecular weight excluding hydrogens is 560 g/mol. The molecule has 43 heavy (non-hydrogen) atoms. The molecule has 0 heterocycles. The maximum Gasteiger partial charge on any atom is 0.0701 e. The van der Waals surface area contributed by atoms with Crippen molar-refractivity contribution in [2.45, 2.75) is 65.2 Å². The molecule has 0 aliphatic rings. The van der Waals surface area contributed by atoms with Crippen molar-refractivity contribution in [3.63, 3.8) is 0 Å². The molecule has 0 N–H and O–H groups in total. The van der Waals surface area contributed by atoms with Gasteiger partial charge >= 0.3 is 0 Å². The summed E-state index contributed by atoms with van der Waals surface area (Å²) in [5.74, 6) is 0. The normalized spacial score (nSPS) is 11.6. The molecule has 0 radical (unpaired) electrons. The van der Waals surface area contributed by atoms with Crippen molar-refractivity contribution in [2.75, 3.05) is 145 Å². The molecule has 0 aromatic rings. The minimum atomic E-state index is 0.527. The number of hydrogen-bond donors (Lipinski definition) is 0. The minimum absolute atomic E-state index is 0.527. The van der Waals surface area contributed by atoms with E-state index in [1.807, 2.05) is 6.92 Å². The SMILES string of the molecule is CCCCCCCCCCOCCOCCOCCOCCOCCOCCOCCOCCOCCOCCOCC. The van der Waals surface area contributed by atoms with E-state index in [-0.39, 0.29) is 0 Å². The number of unbranched alkanes of at least 4 members (excludes halogenated alkanes) is 7. The van der Waals surface area contributed by atoms with Crippen LogP contribution in [0.15, 0.2) is 0 Å². The van der Waals surface area contributed by atoms with E-state index in [0.29, 0.717) is 139 Å². The number of hydrogen-bond acceptors (Lipinski definition) is 11. The lowest BCUT2D eigenvalue weighted by atomic mass is 10.1. The Balaban J connectivity index is 3.02. The van der Waals surface area contributed by atoms with Gasteiger partial charge in [-0.1, -0.05) is 51.9 Å². The van der Waals surface area contributed by atoms with E-state index in [1.165, 1.54) is 44.9 Å².